The van der Waals surface area contributed by atoms with Crippen molar-refractivity contribution >= 4 is 55.8 Å². The Labute approximate surface area is 234 Å². The lowest BCUT2D eigenvalue weighted by molar-refractivity contribution is -0.139. The fourth-order valence-corrected chi connectivity index (χ4v) is 7.53. The van der Waals surface area contributed by atoms with Gasteiger partial charge in [0.2, 0.25) is 17.7 Å². The Morgan fingerprint density at radius 2 is 1.67 bits per heavy atom. The molecular weight excluding hydrogens is 562 g/mol. The number of unbranched alkanes of at least 4 members (excludes halogenated alkanes) is 1. The maximum atomic E-state index is 14.0. The van der Waals surface area contributed by atoms with Crippen molar-refractivity contribution in [3.63, 3.8) is 0 Å². The molecule has 3 N–H and O–H groups in total. The summed E-state index contributed by atoms with van der Waals surface area (Å²) in [5.41, 5.74) is 0.137. The number of aliphatic hydroxyl groups is 1. The molecule has 0 saturated carbocycles. The number of para-hydroxylation sites is 1. The lowest BCUT2D eigenvalue weighted by Crippen LogP contribution is -2.54. The van der Waals surface area contributed by atoms with Gasteiger partial charge in [-0.3, -0.25) is 14.4 Å². The Hall–Kier alpha value is -3.27. The van der Waals surface area contributed by atoms with Crippen LogP contribution in [0.2, 0.25) is 0 Å². The molecule has 3 aromatic rings. The van der Waals surface area contributed by atoms with Crippen molar-refractivity contribution in [3.05, 3.63) is 72.8 Å². The quantitative estimate of drug-likeness (QED) is 0.272. The van der Waals surface area contributed by atoms with Gasteiger partial charge < -0.3 is 25.4 Å². The molecule has 3 heterocycles. The summed E-state index contributed by atoms with van der Waals surface area (Å²) < 4.78 is 6.54. The molecule has 0 radical (unpaired) electrons. The minimum absolute atomic E-state index is 0.00525. The summed E-state index contributed by atoms with van der Waals surface area (Å²) in [7, 11) is 0. The number of likely N-dealkylation sites (tertiary alicyclic amines) is 1. The number of rotatable bonds is 8. The number of aliphatic hydroxyl groups excluding tert-OH is 1. The molecule has 39 heavy (non-hydrogen) atoms. The molecule has 3 aliphatic rings. The molecular formula is C30H30BrN3O5. The number of nitrogens with zero attached hydrogens (tertiary/aromatic N) is 1. The number of benzene rings is 3. The van der Waals surface area contributed by atoms with Gasteiger partial charge in [0, 0.05) is 29.4 Å². The maximum Gasteiger partial charge on any atom is 0.250 e. The third-order valence-electron chi connectivity index (χ3n) is 8.21. The Balaban J connectivity index is 1.33. The third kappa shape index (κ3) is 4.42. The highest BCUT2D eigenvalue weighted by Gasteiger charge is 2.76. The molecule has 3 unspecified atom stereocenters. The van der Waals surface area contributed by atoms with Crippen molar-refractivity contribution in [1.29, 1.82) is 0 Å². The van der Waals surface area contributed by atoms with Crippen LogP contribution < -0.4 is 10.6 Å². The van der Waals surface area contributed by atoms with Crippen LogP contribution in [0.15, 0.2) is 72.8 Å². The molecule has 3 aromatic carbocycles. The second-order valence-corrected chi connectivity index (χ2v) is 11.7. The summed E-state index contributed by atoms with van der Waals surface area (Å²) in [6.07, 6.45) is 0.948. The zero-order valence-corrected chi connectivity index (χ0v) is 22.8. The van der Waals surface area contributed by atoms with E-state index in [1.165, 1.54) is 0 Å². The van der Waals surface area contributed by atoms with Crippen molar-refractivity contribution < 1.29 is 24.2 Å². The Kier molecular flexibility index (Phi) is 6.91. The largest absolute Gasteiger partial charge is 0.396 e. The summed E-state index contributed by atoms with van der Waals surface area (Å²) in [5, 5.41) is 17.4. The number of carbonyl (C=O) groups excluding carboxylic acids is 3. The Bertz CT molecular complexity index is 1420. The first-order valence-electron chi connectivity index (χ1n) is 13.3. The molecule has 3 fully saturated rings. The zero-order valence-electron chi connectivity index (χ0n) is 21.3. The van der Waals surface area contributed by atoms with Crippen LogP contribution >= 0.6 is 15.9 Å². The highest BCUT2D eigenvalue weighted by Crippen LogP contribution is 2.60. The summed E-state index contributed by atoms with van der Waals surface area (Å²) in [6, 6.07) is 21.8. The Morgan fingerprint density at radius 3 is 2.44 bits per heavy atom. The summed E-state index contributed by atoms with van der Waals surface area (Å²) in [5.74, 6) is -2.39. The monoisotopic (exact) mass is 591 g/mol. The highest BCUT2D eigenvalue weighted by atomic mass is 79.9. The predicted molar refractivity (Wildman–Crippen MR) is 151 cm³/mol. The second-order valence-electron chi connectivity index (χ2n) is 10.5. The number of amides is 3. The smallest absolute Gasteiger partial charge is 0.250 e. The van der Waals surface area contributed by atoms with Crippen molar-refractivity contribution in [2.45, 2.75) is 41.8 Å². The summed E-state index contributed by atoms with van der Waals surface area (Å²) >= 11 is 3.70. The molecule has 9 heteroatoms. The minimum Gasteiger partial charge on any atom is -0.396 e. The molecule has 8 nitrogen and oxygen atoms in total. The average Bonchev–Trinajstić information content (AvgIpc) is 3.52. The standard InChI is InChI=1S/C30H30BrN3O5/c31-22-17-30-24(23(25(22)39-30)27(36)32-20-10-2-1-3-11-20)29(38)34(14-6-7-15-35)26(30)28(37)33-21-13-12-18-8-4-5-9-19(18)16-21/h1-5,8-13,16,22-26,35H,6-7,14-15,17H2,(H,32,36)(H,33,37)/t22?,23-,24+,25-,26?,30?/m1/s1. The van der Waals surface area contributed by atoms with E-state index in [4.69, 9.17) is 4.74 Å². The van der Waals surface area contributed by atoms with Gasteiger partial charge in [0.1, 0.15) is 11.6 Å². The number of ether oxygens (including phenoxy) is 1. The van der Waals surface area contributed by atoms with Crippen LogP contribution in [0.25, 0.3) is 10.8 Å². The van der Waals surface area contributed by atoms with Crippen LogP contribution in [0.3, 0.4) is 0 Å². The number of hydrogen-bond acceptors (Lipinski definition) is 5. The van der Waals surface area contributed by atoms with E-state index in [9.17, 15) is 19.5 Å². The maximum absolute atomic E-state index is 14.0. The van der Waals surface area contributed by atoms with Crippen LogP contribution in [-0.2, 0) is 19.1 Å². The molecule has 0 aliphatic carbocycles. The lowest BCUT2D eigenvalue weighted by atomic mass is 9.70. The SMILES string of the molecule is O=C(Nc1ccc2ccccc2c1)C1N(CCCCO)C(=O)[C@@H]2[C@@H](C(=O)Nc3ccccc3)[C@@H]3OC12CC3Br. The van der Waals surface area contributed by atoms with E-state index in [2.05, 4.69) is 26.6 Å². The minimum atomic E-state index is -1.13. The number of carbonyl (C=O) groups is 3. The van der Waals surface area contributed by atoms with Crippen LogP contribution in [0.1, 0.15) is 19.3 Å². The van der Waals surface area contributed by atoms with Gasteiger partial charge in [-0.1, -0.05) is 64.5 Å². The predicted octanol–water partition coefficient (Wildman–Crippen LogP) is 3.94. The van der Waals surface area contributed by atoms with E-state index < -0.39 is 29.6 Å². The van der Waals surface area contributed by atoms with E-state index in [0.29, 0.717) is 37.2 Å². The van der Waals surface area contributed by atoms with Crippen molar-refractivity contribution in [3.8, 4) is 0 Å². The lowest BCUT2D eigenvalue weighted by Gasteiger charge is -2.34. The van der Waals surface area contributed by atoms with E-state index in [0.717, 1.165) is 10.8 Å². The Morgan fingerprint density at radius 1 is 0.949 bits per heavy atom. The van der Waals surface area contributed by atoms with Crippen LogP contribution in [0.4, 0.5) is 11.4 Å². The molecule has 2 bridgehead atoms. The van der Waals surface area contributed by atoms with E-state index in [-0.39, 0.29) is 29.2 Å². The van der Waals surface area contributed by atoms with Gasteiger partial charge in [-0.05, 0) is 54.3 Å². The third-order valence-corrected chi connectivity index (χ3v) is 9.05. The van der Waals surface area contributed by atoms with Crippen molar-refractivity contribution in [2.75, 3.05) is 23.8 Å². The van der Waals surface area contributed by atoms with Crippen LogP contribution in [0, 0.1) is 11.8 Å². The molecule has 3 aliphatic heterocycles. The number of alkyl halides is 1. The fraction of sp³-hybridized carbons (Fsp3) is 0.367. The highest BCUT2D eigenvalue weighted by molar-refractivity contribution is 9.09. The number of hydrogen-bond donors (Lipinski definition) is 3. The van der Waals surface area contributed by atoms with Gasteiger partial charge in [0.05, 0.1) is 17.9 Å². The number of anilines is 2. The molecule has 6 rings (SSSR count). The van der Waals surface area contributed by atoms with Gasteiger partial charge in [0.15, 0.2) is 0 Å². The van der Waals surface area contributed by atoms with Gasteiger partial charge in [-0.2, -0.15) is 0 Å². The number of fused-ring (bicyclic) bond motifs is 2. The molecule has 0 aromatic heterocycles. The summed E-state index contributed by atoms with van der Waals surface area (Å²) in [4.78, 5) is 42.9. The molecule has 3 saturated heterocycles. The normalized spacial score (nSPS) is 29.0. The molecule has 202 valence electrons. The van der Waals surface area contributed by atoms with E-state index >= 15 is 0 Å². The van der Waals surface area contributed by atoms with E-state index in [1.54, 1.807) is 17.0 Å². The van der Waals surface area contributed by atoms with Crippen molar-refractivity contribution in [1.82, 2.24) is 4.90 Å². The summed E-state index contributed by atoms with van der Waals surface area (Å²) in [6.45, 7) is 0.288. The topological polar surface area (TPSA) is 108 Å². The van der Waals surface area contributed by atoms with Gasteiger partial charge in [-0.25, -0.2) is 0 Å². The molecule has 6 atom stereocenters. The number of halogens is 1. The first-order valence-corrected chi connectivity index (χ1v) is 14.2. The first-order chi connectivity index (χ1) is 18.9. The molecule has 1 spiro atoms. The zero-order chi connectivity index (χ0) is 27.1. The van der Waals surface area contributed by atoms with Gasteiger partial charge in [0.25, 0.3) is 0 Å². The second kappa shape index (κ2) is 10.4. The van der Waals surface area contributed by atoms with Gasteiger partial charge in [-0.15, -0.1) is 0 Å². The van der Waals surface area contributed by atoms with Crippen LogP contribution in [-0.4, -0.2) is 63.5 Å². The van der Waals surface area contributed by atoms with Crippen molar-refractivity contribution in [2.24, 2.45) is 11.8 Å². The van der Waals surface area contributed by atoms with E-state index in [1.807, 2.05) is 60.7 Å². The fourth-order valence-electron chi connectivity index (χ4n) is 6.59. The number of nitrogens with one attached hydrogen (secondary N) is 2. The van der Waals surface area contributed by atoms with Crippen LogP contribution in [0.5, 0.6) is 0 Å². The first kappa shape index (κ1) is 26.0. The average molecular weight is 592 g/mol. The molecule has 3 amide bonds. The van der Waals surface area contributed by atoms with Gasteiger partial charge >= 0.3 is 0 Å².